The molecule has 2 fully saturated rings. The molecule has 102 valence electrons. The molecular weight excluding hydrogens is 322 g/mol. The first-order valence-electron chi connectivity index (χ1n) is 6.88. The zero-order valence-corrected chi connectivity index (χ0v) is 13.3. The third-order valence-corrected chi connectivity index (χ3v) is 5.46. The molecule has 2 aliphatic rings. The van der Waals surface area contributed by atoms with Crippen molar-refractivity contribution in [2.75, 3.05) is 24.6 Å². The van der Waals surface area contributed by atoms with Crippen LogP contribution in [0.1, 0.15) is 24.3 Å². The summed E-state index contributed by atoms with van der Waals surface area (Å²) in [7, 11) is 0. The van der Waals surface area contributed by atoms with Gasteiger partial charge in [-0.05, 0) is 42.2 Å². The van der Waals surface area contributed by atoms with Gasteiger partial charge in [-0.25, -0.2) is 0 Å². The highest BCUT2D eigenvalue weighted by Crippen LogP contribution is 2.49. The van der Waals surface area contributed by atoms with Gasteiger partial charge >= 0.3 is 0 Å². The molecule has 0 bridgehead atoms. The van der Waals surface area contributed by atoms with Crippen molar-refractivity contribution in [1.82, 2.24) is 4.90 Å². The molecule has 0 N–H and O–H groups in total. The minimum absolute atomic E-state index is 0.234. The van der Waals surface area contributed by atoms with Crippen molar-refractivity contribution < 1.29 is 4.79 Å². The Balaban J connectivity index is 1.64. The molecule has 1 saturated carbocycles. The highest BCUT2D eigenvalue weighted by Gasteiger charge is 2.45. The number of nitrogens with zero attached hydrogens (tertiary/aromatic N) is 1. The van der Waals surface area contributed by atoms with Gasteiger partial charge in [-0.15, -0.1) is 0 Å². The van der Waals surface area contributed by atoms with Crippen LogP contribution in [0.15, 0.2) is 28.7 Å². The molecule has 1 saturated heterocycles. The summed E-state index contributed by atoms with van der Waals surface area (Å²) in [5, 5.41) is 0. The van der Waals surface area contributed by atoms with Crippen molar-refractivity contribution in [1.29, 1.82) is 0 Å². The summed E-state index contributed by atoms with van der Waals surface area (Å²) in [6.07, 6.45) is 2.17. The molecule has 0 spiro atoms. The first-order chi connectivity index (χ1) is 9.25. The average molecular weight is 340 g/mol. The zero-order chi connectivity index (χ0) is 13.2. The molecule has 2 nitrogen and oxygen atoms in total. The summed E-state index contributed by atoms with van der Waals surface area (Å²) in [5.41, 5.74) is 1.30. The van der Waals surface area contributed by atoms with Gasteiger partial charge in [0.05, 0.1) is 0 Å². The topological polar surface area (TPSA) is 20.3 Å². The Morgan fingerprint density at radius 1 is 1.32 bits per heavy atom. The van der Waals surface area contributed by atoms with Crippen LogP contribution >= 0.6 is 27.7 Å². The fraction of sp³-hybridized carbons (Fsp3) is 0.533. The monoisotopic (exact) mass is 339 g/mol. The van der Waals surface area contributed by atoms with Crippen LogP contribution in [0, 0.1) is 5.92 Å². The number of rotatable bonds is 2. The van der Waals surface area contributed by atoms with Gasteiger partial charge in [0, 0.05) is 29.2 Å². The van der Waals surface area contributed by atoms with Gasteiger partial charge in [0.1, 0.15) is 0 Å². The number of amides is 1. The Kier molecular flexibility index (Phi) is 4.18. The molecule has 3 rings (SSSR count). The van der Waals surface area contributed by atoms with Crippen LogP contribution in [0.3, 0.4) is 0 Å². The van der Waals surface area contributed by atoms with Crippen molar-refractivity contribution in [3.05, 3.63) is 34.3 Å². The smallest absolute Gasteiger partial charge is 0.226 e. The van der Waals surface area contributed by atoms with E-state index in [9.17, 15) is 4.79 Å². The number of carbonyl (C=O) groups is 1. The molecule has 4 heteroatoms. The van der Waals surface area contributed by atoms with Gasteiger partial charge in [-0.2, -0.15) is 11.8 Å². The average Bonchev–Trinajstić information content (AvgIpc) is 3.22. The van der Waals surface area contributed by atoms with E-state index in [4.69, 9.17) is 0 Å². The van der Waals surface area contributed by atoms with E-state index in [1.807, 2.05) is 17.8 Å². The standard InChI is InChI=1S/C15H18BrNOS/c16-12-4-1-3-11(9-12)13-10-14(13)15(18)17-5-2-7-19-8-6-17/h1,3-4,9,13-14H,2,5-8,10H2/t13-,14-/m1/s1. The summed E-state index contributed by atoms with van der Waals surface area (Å²) in [6.45, 7) is 1.89. The lowest BCUT2D eigenvalue weighted by molar-refractivity contribution is -0.132. The van der Waals surface area contributed by atoms with Crippen LogP contribution in [0.5, 0.6) is 0 Å². The molecule has 19 heavy (non-hydrogen) atoms. The van der Waals surface area contributed by atoms with Gasteiger partial charge < -0.3 is 4.90 Å². The van der Waals surface area contributed by atoms with Crippen molar-refractivity contribution in [3.8, 4) is 0 Å². The van der Waals surface area contributed by atoms with Crippen LogP contribution < -0.4 is 0 Å². The zero-order valence-electron chi connectivity index (χ0n) is 10.8. The van der Waals surface area contributed by atoms with Crippen LogP contribution in [0.25, 0.3) is 0 Å². The van der Waals surface area contributed by atoms with E-state index in [1.165, 1.54) is 11.3 Å². The van der Waals surface area contributed by atoms with Crippen LogP contribution in [0.4, 0.5) is 0 Å². The number of halogens is 1. The van der Waals surface area contributed by atoms with Crippen LogP contribution in [0.2, 0.25) is 0 Å². The maximum absolute atomic E-state index is 12.5. The molecule has 1 aromatic rings. The molecule has 1 aliphatic heterocycles. The van der Waals surface area contributed by atoms with E-state index in [-0.39, 0.29) is 5.92 Å². The van der Waals surface area contributed by atoms with Gasteiger partial charge in [-0.3, -0.25) is 4.79 Å². The van der Waals surface area contributed by atoms with Crippen molar-refractivity contribution >= 4 is 33.6 Å². The first-order valence-corrected chi connectivity index (χ1v) is 8.82. The third kappa shape index (κ3) is 3.16. The lowest BCUT2D eigenvalue weighted by Gasteiger charge is -2.20. The number of thioether (sulfide) groups is 1. The fourth-order valence-electron chi connectivity index (χ4n) is 2.77. The van der Waals surface area contributed by atoms with Crippen molar-refractivity contribution in [2.45, 2.75) is 18.8 Å². The molecule has 1 amide bonds. The fourth-order valence-corrected chi connectivity index (χ4v) is 4.08. The quantitative estimate of drug-likeness (QED) is 0.821. The maximum atomic E-state index is 12.5. The van der Waals surface area contributed by atoms with E-state index in [2.05, 4.69) is 39.0 Å². The summed E-state index contributed by atoms with van der Waals surface area (Å²) in [5.74, 6) is 3.36. The van der Waals surface area contributed by atoms with E-state index < -0.39 is 0 Å². The number of hydrogen-bond donors (Lipinski definition) is 0. The summed E-state index contributed by atoms with van der Waals surface area (Å²) in [4.78, 5) is 14.6. The summed E-state index contributed by atoms with van der Waals surface area (Å²) < 4.78 is 1.11. The Morgan fingerprint density at radius 2 is 2.21 bits per heavy atom. The van der Waals surface area contributed by atoms with E-state index in [0.29, 0.717) is 11.8 Å². The number of carbonyl (C=O) groups excluding carboxylic acids is 1. The molecule has 1 heterocycles. The second-order valence-electron chi connectivity index (χ2n) is 5.29. The highest BCUT2D eigenvalue weighted by molar-refractivity contribution is 9.10. The Hall–Kier alpha value is -0.480. The molecule has 0 unspecified atom stereocenters. The minimum Gasteiger partial charge on any atom is -0.342 e. The first kappa shape index (κ1) is 13.5. The summed E-state index contributed by atoms with van der Waals surface area (Å²) in [6, 6.07) is 8.38. The number of hydrogen-bond acceptors (Lipinski definition) is 2. The van der Waals surface area contributed by atoms with Crippen molar-refractivity contribution in [3.63, 3.8) is 0 Å². The molecular formula is C15H18BrNOS. The third-order valence-electron chi connectivity index (χ3n) is 3.92. The molecule has 0 radical (unpaired) electrons. The molecule has 1 aliphatic carbocycles. The van der Waals surface area contributed by atoms with E-state index in [1.54, 1.807) is 0 Å². The summed E-state index contributed by atoms with van der Waals surface area (Å²) >= 11 is 5.47. The van der Waals surface area contributed by atoms with E-state index in [0.717, 1.165) is 36.2 Å². The van der Waals surface area contributed by atoms with Crippen LogP contribution in [-0.2, 0) is 4.79 Å². The van der Waals surface area contributed by atoms with Gasteiger partial charge in [-0.1, -0.05) is 28.1 Å². The predicted molar refractivity (Wildman–Crippen MR) is 83.5 cm³/mol. The second-order valence-corrected chi connectivity index (χ2v) is 7.44. The normalized spacial score (nSPS) is 26.9. The Morgan fingerprint density at radius 3 is 3.05 bits per heavy atom. The molecule has 2 atom stereocenters. The maximum Gasteiger partial charge on any atom is 0.226 e. The SMILES string of the molecule is O=C([C@@H]1C[C@@H]1c1cccc(Br)c1)N1CCCSCC1. The Bertz CT molecular complexity index is 471. The lowest BCUT2D eigenvalue weighted by Crippen LogP contribution is -2.34. The van der Waals surface area contributed by atoms with E-state index >= 15 is 0 Å². The second kappa shape index (κ2) is 5.88. The van der Waals surface area contributed by atoms with Crippen LogP contribution in [-0.4, -0.2) is 35.4 Å². The van der Waals surface area contributed by atoms with Gasteiger partial charge in [0.25, 0.3) is 0 Å². The van der Waals surface area contributed by atoms with Gasteiger partial charge in [0.15, 0.2) is 0 Å². The number of benzene rings is 1. The largest absolute Gasteiger partial charge is 0.342 e. The lowest BCUT2D eigenvalue weighted by atomic mass is 10.1. The van der Waals surface area contributed by atoms with Crippen molar-refractivity contribution in [2.24, 2.45) is 5.92 Å². The minimum atomic E-state index is 0.234. The van der Waals surface area contributed by atoms with Gasteiger partial charge in [0.2, 0.25) is 5.91 Å². The Labute approximate surface area is 127 Å². The highest BCUT2D eigenvalue weighted by atomic mass is 79.9. The molecule has 1 aromatic carbocycles. The predicted octanol–water partition coefficient (Wildman–Crippen LogP) is 3.52. The molecule has 0 aromatic heterocycles.